The van der Waals surface area contributed by atoms with E-state index in [4.69, 9.17) is 10.00 Å². The van der Waals surface area contributed by atoms with E-state index in [1.165, 1.54) is 0 Å². The van der Waals surface area contributed by atoms with Crippen LogP contribution < -0.4 is 9.64 Å². The van der Waals surface area contributed by atoms with Gasteiger partial charge in [-0.1, -0.05) is 19.4 Å². The molecule has 1 saturated carbocycles. The zero-order chi connectivity index (χ0) is 23.0. The number of ether oxygens (including phenoxy) is 1. The predicted octanol–water partition coefficient (Wildman–Crippen LogP) is 3.46. The van der Waals surface area contributed by atoms with Gasteiger partial charge in [-0.05, 0) is 55.0 Å². The molecule has 1 aliphatic carbocycles. The van der Waals surface area contributed by atoms with Crippen LogP contribution in [0.3, 0.4) is 0 Å². The predicted molar refractivity (Wildman–Crippen MR) is 125 cm³/mol. The lowest BCUT2D eigenvalue weighted by molar-refractivity contribution is -0.127. The number of hydrogen-bond acceptors (Lipinski definition) is 6. The van der Waals surface area contributed by atoms with E-state index in [1.807, 2.05) is 29.2 Å². The lowest BCUT2D eigenvalue weighted by Crippen LogP contribution is -2.56. The number of pyridine rings is 2. The highest BCUT2D eigenvalue weighted by atomic mass is 16.5. The molecule has 2 aromatic heterocycles. The minimum Gasteiger partial charge on any atom is -0.481 e. The van der Waals surface area contributed by atoms with Crippen molar-refractivity contribution in [3.8, 4) is 11.9 Å². The largest absolute Gasteiger partial charge is 0.481 e. The highest BCUT2D eigenvalue weighted by Crippen LogP contribution is 2.45. The molecule has 5 rings (SSSR count). The van der Waals surface area contributed by atoms with E-state index >= 15 is 0 Å². The van der Waals surface area contributed by atoms with E-state index in [1.54, 1.807) is 25.6 Å². The Kier molecular flexibility index (Phi) is 5.53. The van der Waals surface area contributed by atoms with Crippen molar-refractivity contribution >= 4 is 11.7 Å². The Morgan fingerprint density at radius 2 is 2.12 bits per heavy atom. The number of amides is 1. The molecule has 2 aromatic rings. The topological polar surface area (TPSA) is 82.4 Å². The number of hydrogen-bond donors (Lipinski definition) is 0. The van der Waals surface area contributed by atoms with Crippen LogP contribution in [-0.4, -0.2) is 53.1 Å². The first kappa shape index (κ1) is 21.4. The number of nitrogens with zero attached hydrogens (tertiary/aromatic N) is 5. The minimum absolute atomic E-state index is 0.0823. The molecular formula is C26H29N5O2. The number of methoxy groups -OCH3 is 1. The first-order chi connectivity index (χ1) is 16.0. The molecule has 33 heavy (non-hydrogen) atoms. The third kappa shape index (κ3) is 3.84. The summed E-state index contributed by atoms with van der Waals surface area (Å²) >= 11 is 0. The van der Waals surface area contributed by atoms with Crippen molar-refractivity contribution in [2.24, 2.45) is 5.92 Å². The normalized spacial score (nSPS) is 25.5. The van der Waals surface area contributed by atoms with Gasteiger partial charge in [0.2, 0.25) is 11.8 Å². The Bertz CT molecular complexity index is 1100. The molecule has 7 nitrogen and oxygen atoms in total. The molecule has 2 bridgehead atoms. The molecule has 1 amide bonds. The standard InChI is InChI=1S/C26H29N5O2/c1-18-12-21-16-30(17-22(18)31(21)23-5-4-19(14-27)15-29-23)25(32)6-10-26(8-3-9-26)20-7-11-28-24(13-20)33-2/h4-7,10-11,13,15,18,21-22H,3,8-9,12,16-17H2,1-2H3/b10-6+/t18-,21?,22?/m0/s1. The molecule has 4 heterocycles. The van der Waals surface area contributed by atoms with Crippen LogP contribution in [0.25, 0.3) is 0 Å². The molecule has 0 spiro atoms. The summed E-state index contributed by atoms with van der Waals surface area (Å²) in [5.74, 6) is 2.07. The lowest BCUT2D eigenvalue weighted by atomic mass is 9.64. The van der Waals surface area contributed by atoms with E-state index in [9.17, 15) is 4.79 Å². The number of carbonyl (C=O) groups excluding carboxylic acids is 1. The molecule has 2 saturated heterocycles. The second kappa shape index (κ2) is 8.51. The van der Waals surface area contributed by atoms with Crippen LogP contribution in [0.5, 0.6) is 5.88 Å². The molecule has 0 radical (unpaired) electrons. The van der Waals surface area contributed by atoms with Crippen molar-refractivity contribution in [3.63, 3.8) is 0 Å². The zero-order valence-corrected chi connectivity index (χ0v) is 19.1. The fraction of sp³-hybridized carbons (Fsp3) is 0.462. The van der Waals surface area contributed by atoms with Crippen molar-refractivity contribution < 1.29 is 9.53 Å². The molecule has 3 fully saturated rings. The van der Waals surface area contributed by atoms with Gasteiger partial charge in [-0.15, -0.1) is 0 Å². The van der Waals surface area contributed by atoms with Crippen molar-refractivity contribution in [1.82, 2.24) is 14.9 Å². The third-order valence-corrected chi connectivity index (χ3v) is 7.65. The van der Waals surface area contributed by atoms with Crippen molar-refractivity contribution in [1.29, 1.82) is 5.26 Å². The maximum absolute atomic E-state index is 13.2. The molecule has 2 unspecified atom stereocenters. The SMILES string of the molecule is COc1cc(C2(/C=C/C(=O)N3CC4C[C@H](C)C(C3)N4c3ccc(C#N)cn3)CCC2)ccn1. The monoisotopic (exact) mass is 443 g/mol. The van der Waals surface area contributed by atoms with Crippen LogP contribution >= 0.6 is 0 Å². The summed E-state index contributed by atoms with van der Waals surface area (Å²) in [6.45, 7) is 3.64. The van der Waals surface area contributed by atoms with Crippen LogP contribution in [0.15, 0.2) is 48.8 Å². The quantitative estimate of drug-likeness (QED) is 0.658. The molecule has 7 heteroatoms. The zero-order valence-electron chi connectivity index (χ0n) is 19.1. The van der Waals surface area contributed by atoms with Crippen molar-refractivity contribution in [2.45, 2.75) is 50.1 Å². The number of piperazine rings is 1. The number of carbonyl (C=O) groups is 1. The summed E-state index contributed by atoms with van der Waals surface area (Å²) < 4.78 is 5.30. The molecule has 3 aliphatic rings. The third-order valence-electron chi connectivity index (χ3n) is 7.65. The van der Waals surface area contributed by atoms with E-state index in [0.29, 0.717) is 30.5 Å². The van der Waals surface area contributed by atoms with E-state index < -0.39 is 0 Å². The Morgan fingerprint density at radius 1 is 1.27 bits per heavy atom. The molecule has 0 N–H and O–H groups in total. The van der Waals surface area contributed by atoms with Crippen LogP contribution in [0, 0.1) is 17.2 Å². The summed E-state index contributed by atoms with van der Waals surface area (Å²) in [6, 6.07) is 10.4. The maximum atomic E-state index is 13.2. The van der Waals surface area contributed by atoms with Gasteiger partial charge in [-0.2, -0.15) is 5.26 Å². The number of rotatable bonds is 5. The summed E-state index contributed by atoms with van der Waals surface area (Å²) in [5.41, 5.74) is 1.62. The molecule has 170 valence electrons. The first-order valence-electron chi connectivity index (χ1n) is 11.7. The highest BCUT2D eigenvalue weighted by molar-refractivity contribution is 5.88. The fourth-order valence-electron chi connectivity index (χ4n) is 5.65. The van der Waals surface area contributed by atoms with E-state index in [0.717, 1.165) is 37.1 Å². The van der Waals surface area contributed by atoms with Gasteiger partial charge in [0.25, 0.3) is 0 Å². The number of nitriles is 1. The average Bonchev–Trinajstić information content (AvgIpc) is 3.02. The Labute approximate surface area is 194 Å². The van der Waals surface area contributed by atoms with Gasteiger partial charge < -0.3 is 14.5 Å². The fourth-order valence-corrected chi connectivity index (χ4v) is 5.65. The number of allylic oxidation sites excluding steroid dienone is 1. The Balaban J connectivity index is 1.31. The van der Waals surface area contributed by atoms with Crippen molar-refractivity contribution in [3.05, 3.63) is 59.9 Å². The van der Waals surface area contributed by atoms with Gasteiger partial charge in [0.1, 0.15) is 11.9 Å². The smallest absolute Gasteiger partial charge is 0.246 e. The van der Waals surface area contributed by atoms with Gasteiger partial charge in [0, 0.05) is 43.0 Å². The lowest BCUT2D eigenvalue weighted by Gasteiger charge is -2.42. The maximum Gasteiger partial charge on any atom is 0.246 e. The summed E-state index contributed by atoms with van der Waals surface area (Å²) in [5, 5.41) is 9.06. The first-order valence-corrected chi connectivity index (χ1v) is 11.7. The van der Waals surface area contributed by atoms with Crippen LogP contribution in [0.4, 0.5) is 5.82 Å². The number of fused-ring (bicyclic) bond motifs is 2. The molecule has 3 atom stereocenters. The van der Waals surface area contributed by atoms with Gasteiger partial charge in [0.05, 0.1) is 18.7 Å². The second-order valence-electron chi connectivity index (χ2n) is 9.53. The van der Waals surface area contributed by atoms with Crippen molar-refractivity contribution in [2.75, 3.05) is 25.1 Å². The summed E-state index contributed by atoms with van der Waals surface area (Å²) in [7, 11) is 1.63. The van der Waals surface area contributed by atoms with Crippen LogP contribution in [0.1, 0.15) is 43.7 Å². The molecule has 2 aliphatic heterocycles. The average molecular weight is 444 g/mol. The number of anilines is 1. The minimum atomic E-state index is -0.105. The summed E-state index contributed by atoms with van der Waals surface area (Å²) in [6.07, 6.45) is 11.6. The number of likely N-dealkylation sites (tertiary alicyclic amines) is 1. The summed E-state index contributed by atoms with van der Waals surface area (Å²) in [4.78, 5) is 26.3. The van der Waals surface area contributed by atoms with Gasteiger partial charge in [0.15, 0.2) is 0 Å². The van der Waals surface area contributed by atoms with Crippen LogP contribution in [-0.2, 0) is 10.2 Å². The Morgan fingerprint density at radius 3 is 2.76 bits per heavy atom. The second-order valence-corrected chi connectivity index (χ2v) is 9.53. The molecule has 0 aromatic carbocycles. The Hall–Kier alpha value is -3.40. The van der Waals surface area contributed by atoms with Crippen LogP contribution in [0.2, 0.25) is 0 Å². The number of aromatic nitrogens is 2. The van der Waals surface area contributed by atoms with E-state index in [-0.39, 0.29) is 23.4 Å². The van der Waals surface area contributed by atoms with E-state index in [2.05, 4.69) is 33.9 Å². The van der Waals surface area contributed by atoms with Gasteiger partial charge in [-0.3, -0.25) is 4.79 Å². The molecular weight excluding hydrogens is 414 g/mol. The van der Waals surface area contributed by atoms with Gasteiger partial charge >= 0.3 is 0 Å². The highest BCUT2D eigenvalue weighted by Gasteiger charge is 2.46. The van der Waals surface area contributed by atoms with Gasteiger partial charge in [-0.25, -0.2) is 9.97 Å².